The van der Waals surface area contributed by atoms with Crippen molar-refractivity contribution in [3.8, 4) is 0 Å². The van der Waals surface area contributed by atoms with Crippen molar-refractivity contribution in [2.24, 2.45) is 5.41 Å². The lowest BCUT2D eigenvalue weighted by Gasteiger charge is -2.29. The largest absolute Gasteiger partial charge is 0.466 e. The molecule has 1 aliphatic heterocycles. The van der Waals surface area contributed by atoms with Crippen molar-refractivity contribution in [2.75, 3.05) is 19.7 Å². The summed E-state index contributed by atoms with van der Waals surface area (Å²) < 4.78 is 5.01. The minimum Gasteiger partial charge on any atom is -0.466 e. The van der Waals surface area contributed by atoms with Gasteiger partial charge in [-0.2, -0.15) is 0 Å². The van der Waals surface area contributed by atoms with Gasteiger partial charge < -0.3 is 4.74 Å². The molecule has 0 spiro atoms. The number of nitrogens with zero attached hydrogens (tertiary/aromatic N) is 1. The zero-order chi connectivity index (χ0) is 12.9. The van der Waals surface area contributed by atoms with Gasteiger partial charge in [0.25, 0.3) is 0 Å². The molecule has 0 aromatic heterocycles. The van der Waals surface area contributed by atoms with Crippen LogP contribution in [-0.2, 0) is 9.53 Å². The summed E-state index contributed by atoms with van der Waals surface area (Å²) in [6.07, 6.45) is 4.28. The molecule has 0 N–H and O–H groups in total. The Kier molecular flexibility index (Phi) is 5.44. The highest BCUT2D eigenvalue weighted by Crippen LogP contribution is 2.37. The maximum Gasteiger partial charge on any atom is 0.307 e. The van der Waals surface area contributed by atoms with Gasteiger partial charge in [0, 0.05) is 12.6 Å². The zero-order valence-electron chi connectivity index (χ0n) is 11.8. The maximum absolute atomic E-state index is 11.5. The molecule has 1 rings (SSSR count). The van der Waals surface area contributed by atoms with Crippen molar-refractivity contribution >= 4 is 5.97 Å². The predicted octanol–water partition coefficient (Wildman–Crippen LogP) is 2.84. The Morgan fingerprint density at radius 3 is 2.47 bits per heavy atom. The average molecular weight is 241 g/mol. The van der Waals surface area contributed by atoms with Gasteiger partial charge in [-0.3, -0.25) is 9.69 Å². The van der Waals surface area contributed by atoms with Gasteiger partial charge in [-0.05, 0) is 45.1 Å². The van der Waals surface area contributed by atoms with Crippen LogP contribution >= 0.6 is 0 Å². The SMILES string of the molecule is CCOC(=O)CC(C)N1CCC(CC)(CC)C1. The zero-order valence-corrected chi connectivity index (χ0v) is 11.8. The lowest BCUT2D eigenvalue weighted by atomic mass is 9.82. The molecule has 3 heteroatoms. The van der Waals surface area contributed by atoms with Crippen molar-refractivity contribution in [3.63, 3.8) is 0 Å². The minimum absolute atomic E-state index is 0.0644. The Labute approximate surface area is 106 Å². The molecule has 1 aliphatic rings. The van der Waals surface area contributed by atoms with E-state index in [0.29, 0.717) is 24.5 Å². The Morgan fingerprint density at radius 1 is 1.35 bits per heavy atom. The number of carbonyl (C=O) groups excluding carboxylic acids is 1. The molecule has 1 unspecified atom stereocenters. The van der Waals surface area contributed by atoms with E-state index in [9.17, 15) is 4.79 Å². The van der Waals surface area contributed by atoms with Crippen LogP contribution in [0.2, 0.25) is 0 Å². The lowest BCUT2D eigenvalue weighted by Crippen LogP contribution is -2.35. The van der Waals surface area contributed by atoms with Gasteiger partial charge in [0.2, 0.25) is 0 Å². The molecular weight excluding hydrogens is 214 g/mol. The Balaban J connectivity index is 2.44. The number of ether oxygens (including phenoxy) is 1. The number of esters is 1. The van der Waals surface area contributed by atoms with E-state index in [1.54, 1.807) is 0 Å². The number of hydrogen-bond donors (Lipinski definition) is 0. The van der Waals surface area contributed by atoms with E-state index in [1.165, 1.54) is 19.3 Å². The van der Waals surface area contributed by atoms with Gasteiger partial charge >= 0.3 is 5.97 Å². The molecule has 1 fully saturated rings. The van der Waals surface area contributed by atoms with Crippen molar-refractivity contribution in [1.29, 1.82) is 0 Å². The number of rotatable bonds is 6. The van der Waals surface area contributed by atoms with Crippen molar-refractivity contribution in [3.05, 3.63) is 0 Å². The third-order valence-electron chi connectivity index (χ3n) is 4.36. The summed E-state index contributed by atoms with van der Waals surface area (Å²) in [5.74, 6) is -0.0644. The molecule has 0 aliphatic carbocycles. The van der Waals surface area contributed by atoms with E-state index in [2.05, 4.69) is 25.7 Å². The van der Waals surface area contributed by atoms with E-state index in [1.807, 2.05) is 6.92 Å². The Hall–Kier alpha value is -0.570. The fourth-order valence-corrected chi connectivity index (χ4v) is 2.76. The van der Waals surface area contributed by atoms with Crippen molar-refractivity contribution in [2.45, 2.75) is 59.4 Å². The second kappa shape index (κ2) is 6.39. The summed E-state index contributed by atoms with van der Waals surface area (Å²) in [7, 11) is 0. The number of likely N-dealkylation sites (tertiary alicyclic amines) is 1. The first kappa shape index (κ1) is 14.5. The molecule has 0 saturated carbocycles. The second-order valence-corrected chi connectivity index (χ2v) is 5.29. The van der Waals surface area contributed by atoms with Gasteiger partial charge in [0.15, 0.2) is 0 Å². The van der Waals surface area contributed by atoms with Crippen LogP contribution in [0.25, 0.3) is 0 Å². The summed E-state index contributed by atoms with van der Waals surface area (Å²) in [5.41, 5.74) is 0.489. The average Bonchev–Trinajstić information content (AvgIpc) is 2.74. The Bertz CT molecular complexity index is 249. The topological polar surface area (TPSA) is 29.5 Å². The molecule has 0 aromatic rings. The van der Waals surface area contributed by atoms with Gasteiger partial charge in [-0.25, -0.2) is 0 Å². The summed E-state index contributed by atoms with van der Waals surface area (Å²) in [6, 6.07) is 0.314. The van der Waals surface area contributed by atoms with Gasteiger partial charge in [0.05, 0.1) is 13.0 Å². The van der Waals surface area contributed by atoms with Crippen LogP contribution in [0.1, 0.15) is 53.4 Å². The summed E-state index contributed by atoms with van der Waals surface area (Å²) in [6.45, 7) is 11.3. The first-order valence-electron chi connectivity index (χ1n) is 6.96. The number of carbonyl (C=O) groups is 1. The first-order valence-corrected chi connectivity index (χ1v) is 6.96. The molecular formula is C14H27NO2. The molecule has 3 nitrogen and oxygen atoms in total. The molecule has 0 amide bonds. The molecule has 17 heavy (non-hydrogen) atoms. The standard InChI is InChI=1S/C14H27NO2/c1-5-14(6-2)8-9-15(11-14)12(4)10-13(16)17-7-3/h12H,5-11H2,1-4H3. The van der Waals surface area contributed by atoms with Crippen LogP contribution < -0.4 is 0 Å². The lowest BCUT2D eigenvalue weighted by molar-refractivity contribution is -0.144. The van der Waals surface area contributed by atoms with E-state index in [-0.39, 0.29) is 5.97 Å². The third-order valence-corrected chi connectivity index (χ3v) is 4.36. The monoisotopic (exact) mass is 241 g/mol. The second-order valence-electron chi connectivity index (χ2n) is 5.29. The maximum atomic E-state index is 11.5. The fourth-order valence-electron chi connectivity index (χ4n) is 2.76. The highest BCUT2D eigenvalue weighted by atomic mass is 16.5. The first-order chi connectivity index (χ1) is 8.06. The summed E-state index contributed by atoms with van der Waals surface area (Å²) in [4.78, 5) is 13.9. The van der Waals surface area contributed by atoms with Crippen LogP contribution in [-0.4, -0.2) is 36.6 Å². The highest BCUT2D eigenvalue weighted by Gasteiger charge is 2.36. The quantitative estimate of drug-likeness (QED) is 0.670. The van der Waals surface area contributed by atoms with Crippen LogP contribution in [0.5, 0.6) is 0 Å². The Morgan fingerprint density at radius 2 is 2.00 bits per heavy atom. The molecule has 0 radical (unpaired) electrons. The van der Waals surface area contributed by atoms with Crippen molar-refractivity contribution in [1.82, 2.24) is 4.90 Å². The summed E-state index contributed by atoms with van der Waals surface area (Å²) >= 11 is 0. The smallest absolute Gasteiger partial charge is 0.307 e. The fraction of sp³-hybridized carbons (Fsp3) is 0.929. The number of hydrogen-bond acceptors (Lipinski definition) is 3. The van der Waals surface area contributed by atoms with Crippen LogP contribution in [0.15, 0.2) is 0 Å². The van der Waals surface area contributed by atoms with Crippen molar-refractivity contribution < 1.29 is 9.53 Å². The van der Waals surface area contributed by atoms with Gasteiger partial charge in [-0.1, -0.05) is 13.8 Å². The third kappa shape index (κ3) is 3.70. The predicted molar refractivity (Wildman–Crippen MR) is 69.9 cm³/mol. The molecule has 1 heterocycles. The van der Waals surface area contributed by atoms with Gasteiger partial charge in [-0.15, -0.1) is 0 Å². The summed E-state index contributed by atoms with van der Waals surface area (Å²) in [5, 5.41) is 0. The van der Waals surface area contributed by atoms with E-state index in [0.717, 1.165) is 13.1 Å². The van der Waals surface area contributed by atoms with Crippen LogP contribution in [0, 0.1) is 5.41 Å². The van der Waals surface area contributed by atoms with Crippen LogP contribution in [0.4, 0.5) is 0 Å². The van der Waals surface area contributed by atoms with E-state index < -0.39 is 0 Å². The minimum atomic E-state index is -0.0644. The molecule has 0 aromatic carbocycles. The molecule has 1 atom stereocenters. The highest BCUT2D eigenvalue weighted by molar-refractivity contribution is 5.70. The van der Waals surface area contributed by atoms with Gasteiger partial charge in [0.1, 0.15) is 0 Å². The molecule has 0 bridgehead atoms. The molecule has 100 valence electrons. The normalized spacial score (nSPS) is 21.4. The van der Waals surface area contributed by atoms with E-state index in [4.69, 9.17) is 4.74 Å². The van der Waals surface area contributed by atoms with Crippen LogP contribution in [0.3, 0.4) is 0 Å². The van der Waals surface area contributed by atoms with E-state index >= 15 is 0 Å². The molecule has 1 saturated heterocycles.